The van der Waals surface area contributed by atoms with Crippen LogP contribution in [0.25, 0.3) is 22.0 Å². The van der Waals surface area contributed by atoms with Gasteiger partial charge in [0.05, 0.1) is 12.8 Å². The Morgan fingerprint density at radius 2 is 1.93 bits per heavy atom. The van der Waals surface area contributed by atoms with Crippen LogP contribution in [0.1, 0.15) is 15.9 Å². The molecule has 1 N–H and O–H groups in total. The number of nitrogens with one attached hydrogen (secondary N) is 1. The van der Waals surface area contributed by atoms with Crippen LogP contribution in [0.5, 0.6) is 5.75 Å². The van der Waals surface area contributed by atoms with Gasteiger partial charge in [-0.2, -0.15) is 5.10 Å². The molecule has 0 saturated heterocycles. The summed E-state index contributed by atoms with van der Waals surface area (Å²) in [6.45, 7) is 1.96. The van der Waals surface area contributed by atoms with Crippen molar-refractivity contribution >= 4 is 23.1 Å². The normalized spacial score (nSPS) is 10.7. The highest BCUT2D eigenvalue weighted by Crippen LogP contribution is 2.30. The van der Waals surface area contributed by atoms with Crippen molar-refractivity contribution in [2.45, 2.75) is 6.92 Å². The largest absolute Gasteiger partial charge is 0.497 e. The number of carbonyl (C=O) groups excluding carboxylic acids is 1. The zero-order valence-electron chi connectivity index (χ0n) is 16.3. The fourth-order valence-electron chi connectivity index (χ4n) is 2.97. The molecule has 2 aromatic heterocycles. The fourth-order valence-corrected chi connectivity index (χ4v) is 3.75. The summed E-state index contributed by atoms with van der Waals surface area (Å²) in [4.78, 5) is 17.2. The molecule has 0 bridgehead atoms. The molecule has 0 aliphatic heterocycles. The van der Waals surface area contributed by atoms with Gasteiger partial charge >= 0.3 is 0 Å². The average Bonchev–Trinajstić information content (AvgIpc) is 3.35. The first kappa shape index (κ1) is 18.9. The molecule has 0 spiro atoms. The van der Waals surface area contributed by atoms with Crippen LogP contribution in [0, 0.1) is 6.92 Å². The summed E-state index contributed by atoms with van der Waals surface area (Å²) in [5.74, 6) is 1.24. The van der Waals surface area contributed by atoms with Gasteiger partial charge in [0, 0.05) is 29.6 Å². The van der Waals surface area contributed by atoms with Crippen LogP contribution in [-0.4, -0.2) is 27.8 Å². The first-order chi connectivity index (χ1) is 14.0. The molecule has 0 aliphatic rings. The lowest BCUT2D eigenvalue weighted by Crippen LogP contribution is -2.14. The molecule has 6 nitrogen and oxygen atoms in total. The Hall–Kier alpha value is -3.45. The van der Waals surface area contributed by atoms with E-state index in [1.54, 1.807) is 24.9 Å². The summed E-state index contributed by atoms with van der Waals surface area (Å²) in [6, 6.07) is 17.1. The second-order valence-corrected chi connectivity index (χ2v) is 7.49. The van der Waals surface area contributed by atoms with E-state index in [2.05, 4.69) is 10.4 Å². The second-order valence-electron chi connectivity index (χ2n) is 6.63. The van der Waals surface area contributed by atoms with Crippen molar-refractivity contribution in [3.8, 4) is 27.7 Å². The summed E-state index contributed by atoms with van der Waals surface area (Å²) < 4.78 is 6.94. The Bertz CT molecular complexity index is 1180. The minimum Gasteiger partial charge on any atom is -0.497 e. The van der Waals surface area contributed by atoms with Crippen LogP contribution in [0.15, 0.2) is 60.0 Å². The highest BCUT2D eigenvalue weighted by atomic mass is 32.1. The Morgan fingerprint density at radius 1 is 1.10 bits per heavy atom. The standard InChI is InChI=1S/C22H20N4O2S/c1-14-6-4-8-16(10-14)21(27)24-20-12-18(25-26(20)2)22-23-19(13-29-22)15-7-5-9-17(11-15)28-3/h4-13H,1-3H3,(H,24,27). The molecule has 0 aliphatic carbocycles. The number of carbonyl (C=O) groups is 1. The first-order valence-corrected chi connectivity index (χ1v) is 9.94. The molecule has 0 atom stereocenters. The van der Waals surface area contributed by atoms with Gasteiger partial charge in [-0.05, 0) is 31.2 Å². The minimum atomic E-state index is -0.167. The summed E-state index contributed by atoms with van der Waals surface area (Å²) in [5, 5.41) is 10.2. The molecule has 0 radical (unpaired) electrons. The van der Waals surface area contributed by atoms with E-state index in [1.807, 2.05) is 60.8 Å². The Labute approximate surface area is 172 Å². The van der Waals surface area contributed by atoms with E-state index in [0.29, 0.717) is 17.1 Å². The number of anilines is 1. The smallest absolute Gasteiger partial charge is 0.256 e. The van der Waals surface area contributed by atoms with Crippen molar-refractivity contribution in [1.29, 1.82) is 0 Å². The quantitative estimate of drug-likeness (QED) is 0.520. The zero-order valence-corrected chi connectivity index (χ0v) is 17.2. The molecule has 4 rings (SSSR count). The lowest BCUT2D eigenvalue weighted by atomic mass is 10.1. The Kier molecular flexibility index (Phi) is 5.14. The van der Waals surface area contributed by atoms with Crippen molar-refractivity contribution in [2.24, 2.45) is 7.05 Å². The van der Waals surface area contributed by atoms with Crippen LogP contribution < -0.4 is 10.1 Å². The maximum Gasteiger partial charge on any atom is 0.256 e. The maximum atomic E-state index is 12.5. The average molecular weight is 404 g/mol. The predicted molar refractivity (Wildman–Crippen MR) is 115 cm³/mol. The van der Waals surface area contributed by atoms with Gasteiger partial charge in [-0.1, -0.05) is 29.8 Å². The Morgan fingerprint density at radius 3 is 2.72 bits per heavy atom. The molecular weight excluding hydrogens is 384 g/mol. The zero-order chi connectivity index (χ0) is 20.4. The molecule has 4 aromatic rings. The summed E-state index contributed by atoms with van der Waals surface area (Å²) in [6.07, 6.45) is 0. The third-order valence-electron chi connectivity index (χ3n) is 4.49. The van der Waals surface area contributed by atoms with E-state index < -0.39 is 0 Å². The van der Waals surface area contributed by atoms with Crippen molar-refractivity contribution in [3.63, 3.8) is 0 Å². The number of aromatic nitrogens is 3. The Balaban J connectivity index is 1.56. The monoisotopic (exact) mass is 404 g/mol. The van der Waals surface area contributed by atoms with E-state index >= 15 is 0 Å². The van der Waals surface area contributed by atoms with Crippen molar-refractivity contribution in [2.75, 3.05) is 12.4 Å². The van der Waals surface area contributed by atoms with Gasteiger partial charge in [0.2, 0.25) is 0 Å². The number of aryl methyl sites for hydroxylation is 2. The number of rotatable bonds is 5. The molecule has 2 aromatic carbocycles. The summed E-state index contributed by atoms with van der Waals surface area (Å²) in [7, 11) is 3.44. The second kappa shape index (κ2) is 7.89. The number of methoxy groups -OCH3 is 1. The number of amides is 1. The van der Waals surface area contributed by atoms with Gasteiger partial charge in [0.25, 0.3) is 5.91 Å². The lowest BCUT2D eigenvalue weighted by molar-refractivity contribution is 0.102. The first-order valence-electron chi connectivity index (χ1n) is 9.06. The summed E-state index contributed by atoms with van der Waals surface area (Å²) >= 11 is 1.51. The lowest BCUT2D eigenvalue weighted by Gasteiger charge is -2.05. The molecule has 7 heteroatoms. The van der Waals surface area contributed by atoms with Gasteiger partial charge in [0.1, 0.15) is 22.3 Å². The van der Waals surface area contributed by atoms with Gasteiger partial charge in [-0.15, -0.1) is 11.3 Å². The highest BCUT2D eigenvalue weighted by Gasteiger charge is 2.15. The van der Waals surface area contributed by atoms with Gasteiger partial charge in [0.15, 0.2) is 0 Å². The van der Waals surface area contributed by atoms with Crippen molar-refractivity contribution < 1.29 is 9.53 Å². The highest BCUT2D eigenvalue weighted by molar-refractivity contribution is 7.13. The van der Waals surface area contributed by atoms with Gasteiger partial charge < -0.3 is 10.1 Å². The molecule has 146 valence electrons. The summed E-state index contributed by atoms with van der Waals surface area (Å²) in [5.41, 5.74) is 4.21. The van der Waals surface area contributed by atoms with E-state index in [4.69, 9.17) is 9.72 Å². The number of benzene rings is 2. The topological polar surface area (TPSA) is 69.0 Å². The van der Waals surface area contributed by atoms with Crippen LogP contribution in [-0.2, 0) is 7.05 Å². The molecule has 29 heavy (non-hydrogen) atoms. The molecule has 2 heterocycles. The predicted octanol–water partition coefficient (Wildman–Crippen LogP) is 4.78. The fraction of sp³-hybridized carbons (Fsp3) is 0.136. The van der Waals surface area contributed by atoms with Gasteiger partial charge in [-0.3, -0.25) is 9.48 Å². The van der Waals surface area contributed by atoms with Crippen LogP contribution >= 0.6 is 11.3 Å². The third-order valence-corrected chi connectivity index (χ3v) is 5.36. The maximum absolute atomic E-state index is 12.5. The molecule has 0 saturated carbocycles. The molecular formula is C22H20N4O2S. The number of ether oxygens (including phenoxy) is 1. The molecule has 1 amide bonds. The van der Waals surface area contributed by atoms with E-state index in [-0.39, 0.29) is 5.91 Å². The van der Waals surface area contributed by atoms with Crippen LogP contribution in [0.3, 0.4) is 0 Å². The molecule has 0 unspecified atom stereocenters. The number of hydrogen-bond donors (Lipinski definition) is 1. The number of thiazole rings is 1. The number of nitrogens with zero attached hydrogens (tertiary/aromatic N) is 3. The number of hydrogen-bond acceptors (Lipinski definition) is 5. The third kappa shape index (κ3) is 4.05. The van der Waals surface area contributed by atoms with Gasteiger partial charge in [-0.25, -0.2) is 4.98 Å². The van der Waals surface area contributed by atoms with Crippen LogP contribution in [0.2, 0.25) is 0 Å². The molecule has 0 fully saturated rings. The minimum absolute atomic E-state index is 0.167. The van der Waals surface area contributed by atoms with Crippen LogP contribution in [0.4, 0.5) is 5.82 Å². The van der Waals surface area contributed by atoms with Crippen molar-refractivity contribution in [1.82, 2.24) is 14.8 Å². The van der Waals surface area contributed by atoms with E-state index in [0.717, 1.165) is 27.6 Å². The van der Waals surface area contributed by atoms with E-state index in [1.165, 1.54) is 11.3 Å². The van der Waals surface area contributed by atoms with Crippen molar-refractivity contribution in [3.05, 3.63) is 71.1 Å². The SMILES string of the molecule is COc1cccc(-c2csc(-c3cc(NC(=O)c4cccc(C)c4)n(C)n3)n2)c1. The van der Waals surface area contributed by atoms with E-state index in [9.17, 15) is 4.79 Å².